The molecular weight excluding hydrogens is 475 g/mol. The summed E-state index contributed by atoms with van der Waals surface area (Å²) in [5, 5.41) is 3.38. The molecule has 0 spiro atoms. The zero-order valence-corrected chi connectivity index (χ0v) is 20.5. The van der Waals surface area contributed by atoms with Crippen LogP contribution in [0.5, 0.6) is 0 Å². The summed E-state index contributed by atoms with van der Waals surface area (Å²) in [6.45, 7) is 7.19. The smallest absolute Gasteiger partial charge is 0.324 e. The van der Waals surface area contributed by atoms with E-state index in [1.807, 2.05) is 19.9 Å². The van der Waals surface area contributed by atoms with Crippen LogP contribution in [0.2, 0.25) is 0 Å². The first-order valence-electron chi connectivity index (χ1n) is 11.7. The van der Waals surface area contributed by atoms with Crippen molar-refractivity contribution in [2.75, 3.05) is 5.32 Å². The molecule has 0 saturated heterocycles. The molecule has 4 heterocycles. The van der Waals surface area contributed by atoms with E-state index in [1.54, 1.807) is 35.3 Å². The number of nitrogens with one attached hydrogen (secondary N) is 1. The fourth-order valence-electron chi connectivity index (χ4n) is 3.80. The Kier molecular flexibility index (Phi) is 7.69. The van der Waals surface area contributed by atoms with Crippen LogP contribution in [-0.2, 0) is 21.1 Å². The summed E-state index contributed by atoms with van der Waals surface area (Å²) >= 11 is 0. The number of esters is 1. The van der Waals surface area contributed by atoms with E-state index in [0.29, 0.717) is 33.4 Å². The van der Waals surface area contributed by atoms with Gasteiger partial charge >= 0.3 is 5.97 Å². The maximum Gasteiger partial charge on any atom is 0.324 e. The van der Waals surface area contributed by atoms with Gasteiger partial charge in [0.05, 0.1) is 11.9 Å². The number of carbonyl (C=O) groups excluding carboxylic acids is 2. The first-order chi connectivity index (χ1) is 17.8. The topological polar surface area (TPSA) is 125 Å². The summed E-state index contributed by atoms with van der Waals surface area (Å²) in [6, 6.07) is 5.92. The van der Waals surface area contributed by atoms with E-state index in [4.69, 9.17) is 10.5 Å². The molecule has 0 aromatic carbocycles. The Morgan fingerprint density at radius 1 is 1.19 bits per heavy atom. The van der Waals surface area contributed by atoms with E-state index in [0.717, 1.165) is 12.0 Å². The molecule has 4 aromatic rings. The predicted octanol–water partition coefficient (Wildman–Crippen LogP) is 4.30. The summed E-state index contributed by atoms with van der Waals surface area (Å²) < 4.78 is 21.1. The Hall–Kier alpha value is -4.44. The number of aromatic nitrogens is 4. The van der Waals surface area contributed by atoms with Gasteiger partial charge < -0.3 is 15.8 Å². The van der Waals surface area contributed by atoms with Crippen LogP contribution in [0.1, 0.15) is 20.3 Å². The van der Waals surface area contributed by atoms with Crippen molar-refractivity contribution in [1.29, 1.82) is 0 Å². The molecule has 0 aliphatic carbocycles. The van der Waals surface area contributed by atoms with Crippen LogP contribution in [0.4, 0.5) is 10.1 Å². The number of halogens is 1. The van der Waals surface area contributed by atoms with Crippen molar-refractivity contribution in [2.45, 2.75) is 33.0 Å². The third-order valence-corrected chi connectivity index (χ3v) is 6.15. The van der Waals surface area contributed by atoms with Crippen molar-refractivity contribution < 1.29 is 18.7 Å². The van der Waals surface area contributed by atoms with E-state index in [1.165, 1.54) is 24.5 Å². The van der Waals surface area contributed by atoms with Gasteiger partial charge in [-0.15, -0.1) is 0 Å². The van der Waals surface area contributed by atoms with Gasteiger partial charge in [-0.3, -0.25) is 19.1 Å². The highest BCUT2D eigenvalue weighted by molar-refractivity contribution is 5.99. The molecule has 0 fully saturated rings. The van der Waals surface area contributed by atoms with Crippen molar-refractivity contribution in [2.24, 2.45) is 11.7 Å². The Morgan fingerprint density at radius 2 is 1.97 bits per heavy atom. The fraction of sp³-hybridized carbons (Fsp3) is 0.222. The molecule has 1 amide bonds. The molecule has 37 heavy (non-hydrogen) atoms. The lowest BCUT2D eigenvalue weighted by Gasteiger charge is -2.17. The van der Waals surface area contributed by atoms with Gasteiger partial charge in [0.1, 0.15) is 11.7 Å². The number of fused-ring (bicyclic) bond motifs is 1. The van der Waals surface area contributed by atoms with Crippen LogP contribution >= 0.6 is 0 Å². The largest absolute Gasteiger partial charge is 0.443 e. The lowest BCUT2D eigenvalue weighted by Crippen LogP contribution is -2.38. The molecule has 0 aliphatic rings. The van der Waals surface area contributed by atoms with Crippen molar-refractivity contribution in [3.05, 3.63) is 73.9 Å². The Balaban J connectivity index is 1.74. The molecule has 0 radical (unpaired) electrons. The Morgan fingerprint density at radius 3 is 2.70 bits per heavy atom. The number of pyridine rings is 3. The third-order valence-electron chi connectivity index (χ3n) is 6.15. The van der Waals surface area contributed by atoms with Crippen LogP contribution in [0.15, 0.2) is 67.9 Å². The minimum absolute atomic E-state index is 0.0226. The van der Waals surface area contributed by atoms with Crippen LogP contribution in [0.25, 0.3) is 33.3 Å². The molecule has 0 aliphatic heterocycles. The summed E-state index contributed by atoms with van der Waals surface area (Å²) in [4.78, 5) is 36.6. The third kappa shape index (κ3) is 5.70. The fourth-order valence-corrected chi connectivity index (χ4v) is 3.80. The number of anilines is 1. The van der Waals surface area contributed by atoms with Gasteiger partial charge in [-0.2, -0.15) is 4.39 Å². The number of carbonyl (C=O) groups is 2. The molecule has 9 nitrogen and oxygen atoms in total. The normalized spacial score (nSPS) is 12.6. The van der Waals surface area contributed by atoms with E-state index in [-0.39, 0.29) is 18.6 Å². The molecule has 4 aromatic heterocycles. The quantitative estimate of drug-likeness (QED) is 0.199. The number of hydrogen-bond donors (Lipinski definition) is 2. The van der Waals surface area contributed by atoms with Crippen molar-refractivity contribution in [3.8, 4) is 22.3 Å². The number of rotatable bonds is 9. The molecule has 0 unspecified atom stereocenters. The maximum absolute atomic E-state index is 14.0. The molecule has 2 atom stereocenters. The molecule has 3 N–H and O–H groups in total. The number of nitrogens with zero attached hydrogens (tertiary/aromatic N) is 4. The first-order valence-corrected chi connectivity index (χ1v) is 11.7. The molecule has 4 rings (SSSR count). The lowest BCUT2D eigenvalue weighted by molar-refractivity contribution is -0.150. The molecular formula is C27H27FN6O3. The molecule has 0 saturated carbocycles. The van der Waals surface area contributed by atoms with Gasteiger partial charge in [-0.1, -0.05) is 26.8 Å². The summed E-state index contributed by atoms with van der Waals surface area (Å²) in [5.41, 5.74) is 9.74. The minimum atomic E-state index is -0.735. The second-order valence-corrected chi connectivity index (χ2v) is 8.63. The van der Waals surface area contributed by atoms with Gasteiger partial charge in [-0.25, -0.2) is 9.97 Å². The maximum atomic E-state index is 14.0. The van der Waals surface area contributed by atoms with Crippen molar-refractivity contribution >= 4 is 28.6 Å². The highest BCUT2D eigenvalue weighted by atomic mass is 19.1. The first kappa shape index (κ1) is 25.6. The lowest BCUT2D eigenvalue weighted by atomic mass is 10.0. The Bertz CT molecular complexity index is 1470. The molecule has 190 valence electrons. The summed E-state index contributed by atoms with van der Waals surface area (Å²) in [6.07, 6.45) is 9.87. The standard InChI is InChI=1S/C27H27FN6O3/c1-4-16(3)25(29)27(36)37-15-34-14-22(17-6-7-31-23(28)10-17)21-9-19(12-32-26(21)34)18-8-20(13-30-11-18)33-24(35)5-2/h5-14,16,25H,2,4,15,29H2,1,3H3,(H,33,35)/t16-,25-/m0/s1. The second kappa shape index (κ2) is 11.1. The monoisotopic (exact) mass is 502 g/mol. The summed E-state index contributed by atoms with van der Waals surface area (Å²) in [5.74, 6) is -1.50. The van der Waals surface area contributed by atoms with Crippen LogP contribution in [0, 0.1) is 11.9 Å². The molecule has 0 bridgehead atoms. The van der Waals surface area contributed by atoms with E-state index in [9.17, 15) is 14.0 Å². The number of hydrogen-bond acceptors (Lipinski definition) is 7. The van der Waals surface area contributed by atoms with Crippen LogP contribution in [0.3, 0.4) is 0 Å². The average Bonchev–Trinajstić information content (AvgIpc) is 3.28. The van der Waals surface area contributed by atoms with E-state index < -0.39 is 18.0 Å². The van der Waals surface area contributed by atoms with Crippen LogP contribution < -0.4 is 11.1 Å². The molecule has 10 heteroatoms. The van der Waals surface area contributed by atoms with Crippen LogP contribution in [-0.4, -0.2) is 37.4 Å². The van der Waals surface area contributed by atoms with Gasteiger partial charge in [0, 0.05) is 52.9 Å². The predicted molar refractivity (Wildman–Crippen MR) is 139 cm³/mol. The van der Waals surface area contributed by atoms with Gasteiger partial charge in [-0.05, 0) is 35.8 Å². The van der Waals surface area contributed by atoms with E-state index >= 15 is 0 Å². The SMILES string of the molecule is C=CC(=O)Nc1cncc(-c2cnc3c(c2)c(-c2ccnc(F)c2)cn3COC(=O)[C@@H](N)[C@@H](C)CC)c1. The highest BCUT2D eigenvalue weighted by Crippen LogP contribution is 2.33. The van der Waals surface area contributed by atoms with Crippen molar-refractivity contribution in [1.82, 2.24) is 19.5 Å². The van der Waals surface area contributed by atoms with E-state index in [2.05, 4.69) is 26.8 Å². The number of ether oxygens (including phenoxy) is 1. The second-order valence-electron chi connectivity index (χ2n) is 8.63. The van der Waals surface area contributed by atoms with Gasteiger partial charge in [0.25, 0.3) is 0 Å². The summed E-state index contributed by atoms with van der Waals surface area (Å²) in [7, 11) is 0. The number of amides is 1. The van der Waals surface area contributed by atoms with Gasteiger partial charge in [0.15, 0.2) is 6.73 Å². The highest BCUT2D eigenvalue weighted by Gasteiger charge is 2.22. The average molecular weight is 503 g/mol. The zero-order chi connectivity index (χ0) is 26.5. The number of nitrogens with two attached hydrogens (primary N) is 1. The minimum Gasteiger partial charge on any atom is -0.443 e. The Labute approximate surface area is 213 Å². The van der Waals surface area contributed by atoms with Gasteiger partial charge in [0.2, 0.25) is 11.9 Å². The zero-order valence-electron chi connectivity index (χ0n) is 20.5. The van der Waals surface area contributed by atoms with Crippen molar-refractivity contribution in [3.63, 3.8) is 0 Å².